The van der Waals surface area contributed by atoms with Crippen molar-refractivity contribution in [2.45, 2.75) is 59.3 Å². The zero-order valence-electron chi connectivity index (χ0n) is 18.5. The molecule has 0 fully saturated rings. The lowest BCUT2D eigenvalue weighted by atomic mass is 9.87. The predicted molar refractivity (Wildman–Crippen MR) is 124 cm³/mol. The van der Waals surface area contributed by atoms with Crippen LogP contribution in [0.25, 0.3) is 0 Å². The van der Waals surface area contributed by atoms with Gasteiger partial charge in [-0.25, -0.2) is 0 Å². The van der Waals surface area contributed by atoms with Gasteiger partial charge in [-0.3, -0.25) is 9.59 Å². The summed E-state index contributed by atoms with van der Waals surface area (Å²) < 4.78 is 13.8. The predicted octanol–water partition coefficient (Wildman–Crippen LogP) is 6.24. The summed E-state index contributed by atoms with van der Waals surface area (Å²) in [6.45, 7) is 8.47. The Morgan fingerprint density at radius 2 is 1.53 bits per heavy atom. The smallest absolute Gasteiger partial charge is 0.321 e. The van der Waals surface area contributed by atoms with E-state index in [9.17, 15) is 9.59 Å². The van der Waals surface area contributed by atoms with Crippen molar-refractivity contribution in [1.29, 1.82) is 0 Å². The summed E-state index contributed by atoms with van der Waals surface area (Å²) in [6.07, 6.45) is 4.26. The fourth-order valence-electron chi connectivity index (χ4n) is 3.57. The molecule has 2 rings (SSSR count). The molecule has 0 saturated heterocycles. The number of hydrogen-bond acceptors (Lipinski definition) is 4. The van der Waals surface area contributed by atoms with Gasteiger partial charge < -0.3 is 4.74 Å². The van der Waals surface area contributed by atoms with Gasteiger partial charge in [-0.05, 0) is 42.9 Å². The highest BCUT2D eigenvalue weighted by Gasteiger charge is 2.32. The molecule has 0 aliphatic carbocycles. The summed E-state index contributed by atoms with van der Waals surface area (Å²) in [5.74, 6) is -1.22. The van der Waals surface area contributed by atoms with E-state index in [4.69, 9.17) is 9.30 Å². The number of Topliss-reactive ketones (excluding diaryl/α,β-unsaturated/α-hetero) is 1. The van der Waals surface area contributed by atoms with Gasteiger partial charge in [0.15, 0.2) is 5.78 Å². The first-order valence-electron chi connectivity index (χ1n) is 10.5. The Hall–Kier alpha value is -2.32. The number of carbonyl (C=O) groups excluding carboxylic acids is 2. The molecular weight excluding hydrogens is 395 g/mol. The monoisotopic (exact) mass is 429 g/mol. The maximum absolute atomic E-state index is 13.4. The standard InChI is InChI=1S/C25H32O3.H2OP/c1-5-7-14-20(6-2)17-28-25(27)23(21-15-9-8-10-16-21)24(26)22-18(3)12-11-13-19(22)4;1-2/h8-13,15-16,20,23H,5-7,14,17H2,1-4H3;2H2/q;+1. The van der Waals surface area contributed by atoms with Crippen LogP contribution in [0.1, 0.15) is 72.5 Å². The summed E-state index contributed by atoms with van der Waals surface area (Å²) in [5.41, 5.74) is 3.06. The van der Waals surface area contributed by atoms with Gasteiger partial charge in [-0.15, -0.1) is 0 Å². The molecule has 0 radical (unpaired) electrons. The molecule has 0 bridgehead atoms. The number of rotatable bonds is 10. The average Bonchev–Trinajstić information content (AvgIpc) is 2.76. The van der Waals surface area contributed by atoms with Crippen LogP contribution < -0.4 is 0 Å². The van der Waals surface area contributed by atoms with E-state index in [1.54, 1.807) is 0 Å². The van der Waals surface area contributed by atoms with E-state index in [2.05, 4.69) is 13.8 Å². The van der Waals surface area contributed by atoms with Gasteiger partial charge in [0.25, 0.3) is 0 Å². The van der Waals surface area contributed by atoms with Gasteiger partial charge in [0.1, 0.15) is 5.92 Å². The molecule has 0 saturated carbocycles. The van der Waals surface area contributed by atoms with Crippen molar-refractivity contribution in [2.75, 3.05) is 6.61 Å². The van der Waals surface area contributed by atoms with Gasteiger partial charge in [-0.1, -0.05) is 86.2 Å². The summed E-state index contributed by atoms with van der Waals surface area (Å²) in [6, 6.07) is 15.0. The Morgan fingerprint density at radius 1 is 0.933 bits per heavy atom. The fraction of sp³-hybridized carbons (Fsp3) is 0.440. The SMILES string of the molecule is CCCCC(CC)COC(=O)C(C(=O)c1c(C)cccc1C)c1ccccc1.O=[PH2+]. The number of aryl methyl sites for hydroxylation is 2. The van der Waals surface area contributed by atoms with Crippen LogP contribution in [0.15, 0.2) is 48.5 Å². The Morgan fingerprint density at radius 3 is 2.07 bits per heavy atom. The molecular formula is C25H34O4P+. The number of unbranched alkanes of at least 4 members (excludes halogenated alkanes) is 1. The fourth-order valence-corrected chi connectivity index (χ4v) is 3.57. The highest BCUT2D eigenvalue weighted by atomic mass is 31.0. The molecule has 0 spiro atoms. The van der Waals surface area contributed by atoms with Crippen molar-refractivity contribution in [2.24, 2.45) is 5.92 Å². The first-order chi connectivity index (χ1) is 14.5. The molecule has 0 N–H and O–H groups in total. The Kier molecular flexibility index (Phi) is 11.8. The summed E-state index contributed by atoms with van der Waals surface area (Å²) in [4.78, 5) is 26.4. The minimum atomic E-state index is -0.926. The lowest BCUT2D eigenvalue weighted by molar-refractivity contribution is -0.145. The van der Waals surface area contributed by atoms with Crippen LogP contribution in [-0.4, -0.2) is 18.4 Å². The van der Waals surface area contributed by atoms with Crippen molar-refractivity contribution < 1.29 is 18.9 Å². The summed E-state index contributed by atoms with van der Waals surface area (Å²) in [7, 11) is 1.17. The molecule has 162 valence electrons. The first kappa shape index (κ1) is 25.7. The molecule has 3 unspecified atom stereocenters. The molecule has 0 aromatic heterocycles. The zero-order chi connectivity index (χ0) is 22.5. The Balaban J connectivity index is 0.00000218. The number of esters is 1. The lowest BCUT2D eigenvalue weighted by Crippen LogP contribution is -2.27. The van der Waals surface area contributed by atoms with Crippen molar-refractivity contribution in [3.63, 3.8) is 0 Å². The van der Waals surface area contributed by atoms with Gasteiger partial charge in [0.05, 0.1) is 6.61 Å². The molecule has 0 amide bonds. The van der Waals surface area contributed by atoms with E-state index in [1.807, 2.05) is 62.4 Å². The van der Waals surface area contributed by atoms with E-state index in [0.717, 1.165) is 36.8 Å². The van der Waals surface area contributed by atoms with Crippen LogP contribution in [0, 0.1) is 19.8 Å². The average molecular weight is 430 g/mol. The molecule has 2 aromatic rings. The highest BCUT2D eigenvalue weighted by Crippen LogP contribution is 2.27. The lowest BCUT2D eigenvalue weighted by Gasteiger charge is -2.20. The third-order valence-corrected chi connectivity index (χ3v) is 5.36. The molecule has 5 heteroatoms. The molecule has 0 heterocycles. The number of ether oxygens (including phenoxy) is 1. The van der Waals surface area contributed by atoms with Crippen molar-refractivity contribution in [3.05, 3.63) is 70.8 Å². The second kappa shape index (κ2) is 13.8. The van der Waals surface area contributed by atoms with E-state index in [1.165, 1.54) is 9.12 Å². The van der Waals surface area contributed by atoms with Gasteiger partial charge >= 0.3 is 15.1 Å². The maximum Gasteiger partial charge on any atom is 0.321 e. The molecule has 0 aliphatic heterocycles. The second-order valence-electron chi connectivity index (χ2n) is 7.52. The number of ketones is 1. The van der Waals surface area contributed by atoms with Gasteiger partial charge in [-0.2, -0.15) is 0 Å². The van der Waals surface area contributed by atoms with E-state index >= 15 is 0 Å². The quantitative estimate of drug-likeness (QED) is 0.194. The van der Waals surface area contributed by atoms with E-state index < -0.39 is 11.9 Å². The van der Waals surface area contributed by atoms with Crippen LogP contribution >= 0.6 is 9.12 Å². The third-order valence-electron chi connectivity index (χ3n) is 5.36. The van der Waals surface area contributed by atoms with Crippen LogP contribution in [0.2, 0.25) is 0 Å². The number of benzene rings is 2. The van der Waals surface area contributed by atoms with Crippen LogP contribution in [0.5, 0.6) is 0 Å². The van der Waals surface area contributed by atoms with Crippen molar-refractivity contribution in [1.82, 2.24) is 0 Å². The normalized spacial score (nSPS) is 12.3. The molecule has 3 atom stereocenters. The second-order valence-corrected chi connectivity index (χ2v) is 7.52. The summed E-state index contributed by atoms with van der Waals surface area (Å²) >= 11 is 0. The third kappa shape index (κ3) is 7.18. The minimum Gasteiger partial charge on any atom is -0.465 e. The van der Waals surface area contributed by atoms with Crippen LogP contribution in [0.3, 0.4) is 0 Å². The van der Waals surface area contributed by atoms with Crippen molar-refractivity contribution in [3.8, 4) is 0 Å². The van der Waals surface area contributed by atoms with E-state index in [0.29, 0.717) is 23.7 Å². The minimum absolute atomic E-state index is 0.187. The largest absolute Gasteiger partial charge is 0.465 e. The summed E-state index contributed by atoms with van der Waals surface area (Å²) in [5, 5.41) is 0. The van der Waals surface area contributed by atoms with Crippen molar-refractivity contribution >= 4 is 20.9 Å². The maximum atomic E-state index is 13.4. The van der Waals surface area contributed by atoms with Gasteiger partial charge in [0.2, 0.25) is 0 Å². The van der Waals surface area contributed by atoms with Crippen LogP contribution in [0.4, 0.5) is 0 Å². The first-order valence-corrected chi connectivity index (χ1v) is 11.0. The van der Waals surface area contributed by atoms with E-state index in [-0.39, 0.29) is 5.78 Å². The van der Waals surface area contributed by atoms with Crippen LogP contribution in [-0.2, 0) is 14.1 Å². The molecule has 0 aliphatic rings. The number of carbonyl (C=O) groups is 2. The Bertz CT molecular complexity index is 784. The van der Waals surface area contributed by atoms with Gasteiger partial charge in [0, 0.05) is 5.56 Å². The molecule has 30 heavy (non-hydrogen) atoms. The topological polar surface area (TPSA) is 60.4 Å². The highest BCUT2D eigenvalue weighted by molar-refractivity contribution is 7.00. The zero-order valence-corrected chi connectivity index (χ0v) is 19.7. The molecule has 4 nitrogen and oxygen atoms in total. The Labute approximate surface area is 182 Å². The number of hydrogen-bond donors (Lipinski definition) is 0. The molecule has 2 aromatic carbocycles.